The number of anilines is 1. The fraction of sp³-hybridized carbons (Fsp3) is 0.529. The van der Waals surface area contributed by atoms with Gasteiger partial charge in [0.05, 0.1) is 5.56 Å². The number of carbonyl (C=O) groups excluding carboxylic acids is 2. The largest absolute Gasteiger partial charge is 0.353 e. The summed E-state index contributed by atoms with van der Waals surface area (Å²) in [6.07, 6.45) is 1.70. The molecule has 0 radical (unpaired) electrons. The fourth-order valence-electron chi connectivity index (χ4n) is 3.18. The van der Waals surface area contributed by atoms with E-state index in [2.05, 4.69) is 26.2 Å². The lowest BCUT2D eigenvalue weighted by Gasteiger charge is -2.36. The van der Waals surface area contributed by atoms with Crippen LogP contribution < -0.4 is 10.2 Å². The molecule has 0 aliphatic carbocycles. The molecule has 3 rings (SSSR count). The van der Waals surface area contributed by atoms with Gasteiger partial charge in [-0.15, -0.1) is 0 Å². The van der Waals surface area contributed by atoms with Gasteiger partial charge in [0.2, 0.25) is 0 Å². The normalized spacial score (nSPS) is 20.5. The number of piperazine rings is 1. The average Bonchev–Trinajstić information content (AvgIpc) is 2.81. The number of nitriles is 1. The standard InChI is InChI=1S/C17H22N6O2/c1-17(2)15(24)23(16(25)20-17)11-8-21-6-9-22(10-7-21)14-13(12-18)4-3-5-19-14/h3-5H,6-11H2,1-2H3,(H,20,25). The van der Waals surface area contributed by atoms with Gasteiger partial charge in [-0.2, -0.15) is 5.26 Å². The molecule has 0 spiro atoms. The molecule has 3 amide bonds. The van der Waals surface area contributed by atoms with Gasteiger partial charge in [-0.1, -0.05) is 0 Å². The van der Waals surface area contributed by atoms with E-state index in [1.807, 2.05) is 0 Å². The number of carbonyl (C=O) groups is 2. The van der Waals surface area contributed by atoms with Crippen molar-refractivity contribution in [2.45, 2.75) is 19.4 Å². The minimum absolute atomic E-state index is 0.178. The number of pyridine rings is 1. The summed E-state index contributed by atoms with van der Waals surface area (Å²) >= 11 is 0. The smallest absolute Gasteiger partial charge is 0.325 e. The van der Waals surface area contributed by atoms with Gasteiger partial charge in [0.1, 0.15) is 17.4 Å². The molecule has 0 bridgehead atoms. The molecule has 2 aliphatic rings. The van der Waals surface area contributed by atoms with E-state index in [0.29, 0.717) is 18.7 Å². The van der Waals surface area contributed by atoms with Gasteiger partial charge in [0.25, 0.3) is 5.91 Å². The summed E-state index contributed by atoms with van der Waals surface area (Å²) in [6.45, 7) is 7.59. The van der Waals surface area contributed by atoms with Gasteiger partial charge >= 0.3 is 6.03 Å². The Kier molecular flexibility index (Phi) is 4.59. The van der Waals surface area contributed by atoms with Crippen LogP contribution >= 0.6 is 0 Å². The average molecular weight is 342 g/mol. The van der Waals surface area contributed by atoms with Crippen molar-refractivity contribution >= 4 is 17.8 Å². The van der Waals surface area contributed by atoms with E-state index < -0.39 is 5.54 Å². The summed E-state index contributed by atoms with van der Waals surface area (Å²) in [7, 11) is 0. The summed E-state index contributed by atoms with van der Waals surface area (Å²) in [5, 5.41) is 11.9. The van der Waals surface area contributed by atoms with Gasteiger partial charge in [0, 0.05) is 45.5 Å². The Morgan fingerprint density at radius 3 is 2.56 bits per heavy atom. The monoisotopic (exact) mass is 342 g/mol. The molecule has 0 aromatic carbocycles. The first-order valence-electron chi connectivity index (χ1n) is 8.39. The highest BCUT2D eigenvalue weighted by molar-refractivity contribution is 6.06. The highest BCUT2D eigenvalue weighted by Crippen LogP contribution is 2.19. The third-order valence-corrected chi connectivity index (χ3v) is 4.66. The van der Waals surface area contributed by atoms with Crippen LogP contribution in [-0.2, 0) is 4.79 Å². The van der Waals surface area contributed by atoms with Gasteiger partial charge in [-0.05, 0) is 26.0 Å². The number of hydrogen-bond acceptors (Lipinski definition) is 6. The van der Waals surface area contributed by atoms with Gasteiger partial charge in [-0.3, -0.25) is 14.6 Å². The zero-order chi connectivity index (χ0) is 18.0. The van der Waals surface area contributed by atoms with Crippen LogP contribution in [0, 0.1) is 11.3 Å². The highest BCUT2D eigenvalue weighted by atomic mass is 16.2. The van der Waals surface area contributed by atoms with Crippen molar-refractivity contribution in [3.63, 3.8) is 0 Å². The molecular formula is C17H22N6O2. The Bertz CT molecular complexity index is 718. The minimum atomic E-state index is -0.817. The van der Waals surface area contributed by atoms with Crippen LogP contribution in [0.5, 0.6) is 0 Å². The molecule has 1 aromatic rings. The molecule has 2 saturated heterocycles. The Hall–Kier alpha value is -2.66. The lowest BCUT2D eigenvalue weighted by molar-refractivity contribution is -0.130. The van der Waals surface area contributed by atoms with Crippen LogP contribution in [0.4, 0.5) is 10.6 Å². The van der Waals surface area contributed by atoms with E-state index in [0.717, 1.165) is 32.0 Å². The molecule has 25 heavy (non-hydrogen) atoms. The van der Waals surface area contributed by atoms with Crippen LogP contribution in [0.25, 0.3) is 0 Å². The zero-order valence-electron chi connectivity index (χ0n) is 14.5. The first kappa shape index (κ1) is 17.2. The number of imide groups is 1. The first-order chi connectivity index (χ1) is 11.9. The van der Waals surface area contributed by atoms with E-state index >= 15 is 0 Å². The second kappa shape index (κ2) is 6.69. The van der Waals surface area contributed by atoms with Crippen LogP contribution in [0.3, 0.4) is 0 Å². The van der Waals surface area contributed by atoms with Crippen LogP contribution in [0.1, 0.15) is 19.4 Å². The van der Waals surface area contributed by atoms with Gasteiger partial charge in [0.15, 0.2) is 0 Å². The molecule has 2 fully saturated rings. The van der Waals surface area contributed by atoms with Crippen molar-refractivity contribution in [1.82, 2.24) is 20.1 Å². The molecule has 0 unspecified atom stereocenters. The molecule has 2 aliphatic heterocycles. The molecule has 3 heterocycles. The predicted octanol–water partition coefficient (Wildman–Crippen LogP) is 0.406. The predicted molar refractivity (Wildman–Crippen MR) is 91.9 cm³/mol. The third kappa shape index (κ3) is 3.42. The summed E-state index contributed by atoms with van der Waals surface area (Å²) in [5.74, 6) is 0.545. The molecular weight excluding hydrogens is 320 g/mol. The van der Waals surface area contributed by atoms with Crippen LogP contribution in [-0.4, -0.2) is 71.5 Å². The van der Waals surface area contributed by atoms with E-state index in [-0.39, 0.29) is 11.9 Å². The number of aromatic nitrogens is 1. The molecule has 8 heteroatoms. The second-order valence-electron chi connectivity index (χ2n) is 6.83. The third-order valence-electron chi connectivity index (χ3n) is 4.66. The Morgan fingerprint density at radius 1 is 1.24 bits per heavy atom. The number of urea groups is 1. The molecule has 8 nitrogen and oxygen atoms in total. The maximum Gasteiger partial charge on any atom is 0.325 e. The van der Waals surface area contributed by atoms with Crippen LogP contribution in [0.2, 0.25) is 0 Å². The zero-order valence-corrected chi connectivity index (χ0v) is 14.5. The number of hydrogen-bond donors (Lipinski definition) is 1. The van der Waals surface area contributed by atoms with Crippen molar-refractivity contribution in [1.29, 1.82) is 5.26 Å². The van der Waals surface area contributed by atoms with Crippen molar-refractivity contribution < 1.29 is 9.59 Å². The maximum atomic E-state index is 12.2. The number of amides is 3. The first-order valence-corrected chi connectivity index (χ1v) is 8.39. The Morgan fingerprint density at radius 2 is 1.96 bits per heavy atom. The maximum absolute atomic E-state index is 12.2. The number of rotatable bonds is 4. The van der Waals surface area contributed by atoms with E-state index in [9.17, 15) is 14.9 Å². The van der Waals surface area contributed by atoms with Crippen LogP contribution in [0.15, 0.2) is 18.3 Å². The van der Waals surface area contributed by atoms with Crippen molar-refractivity contribution in [2.24, 2.45) is 0 Å². The fourth-order valence-corrected chi connectivity index (χ4v) is 3.18. The number of nitrogens with zero attached hydrogens (tertiary/aromatic N) is 5. The summed E-state index contributed by atoms with van der Waals surface area (Å²) < 4.78 is 0. The lowest BCUT2D eigenvalue weighted by atomic mass is 10.1. The molecule has 0 atom stereocenters. The van der Waals surface area contributed by atoms with Crippen molar-refractivity contribution in [3.8, 4) is 6.07 Å². The Labute approximate surface area is 147 Å². The van der Waals surface area contributed by atoms with Crippen molar-refractivity contribution in [2.75, 3.05) is 44.2 Å². The highest BCUT2D eigenvalue weighted by Gasteiger charge is 2.44. The quantitative estimate of drug-likeness (QED) is 0.797. The molecule has 1 aromatic heterocycles. The SMILES string of the molecule is CC1(C)NC(=O)N(CCN2CCN(c3ncccc3C#N)CC2)C1=O. The molecule has 0 saturated carbocycles. The molecule has 1 N–H and O–H groups in total. The summed E-state index contributed by atoms with van der Waals surface area (Å²) in [4.78, 5) is 34.0. The van der Waals surface area contributed by atoms with Gasteiger partial charge < -0.3 is 10.2 Å². The Balaban J connectivity index is 1.53. The van der Waals surface area contributed by atoms with E-state index in [1.54, 1.807) is 32.2 Å². The number of nitrogens with one attached hydrogen (secondary N) is 1. The lowest BCUT2D eigenvalue weighted by Crippen LogP contribution is -2.49. The van der Waals surface area contributed by atoms with E-state index in [4.69, 9.17) is 0 Å². The topological polar surface area (TPSA) is 92.6 Å². The summed E-state index contributed by atoms with van der Waals surface area (Å²) in [5.41, 5.74) is -0.236. The summed E-state index contributed by atoms with van der Waals surface area (Å²) in [6, 6.07) is 5.39. The minimum Gasteiger partial charge on any atom is -0.353 e. The van der Waals surface area contributed by atoms with Gasteiger partial charge in [-0.25, -0.2) is 9.78 Å². The van der Waals surface area contributed by atoms with E-state index in [1.165, 1.54) is 4.90 Å². The molecule has 132 valence electrons. The second-order valence-corrected chi connectivity index (χ2v) is 6.83. The van der Waals surface area contributed by atoms with Crippen molar-refractivity contribution in [3.05, 3.63) is 23.9 Å².